The average molecular weight is 351 g/mol. The van der Waals surface area contributed by atoms with E-state index in [0.29, 0.717) is 5.69 Å². The largest absolute Gasteiger partial charge is 0.301 e. The van der Waals surface area contributed by atoms with Crippen molar-refractivity contribution in [1.82, 2.24) is 5.32 Å². The summed E-state index contributed by atoms with van der Waals surface area (Å²) >= 11 is 5.16. The number of nitrogens with zero attached hydrogens (tertiary/aromatic N) is 2. The second kappa shape index (κ2) is 6.94. The minimum atomic E-state index is -1.02. The zero-order chi connectivity index (χ0) is 18.0. The molecule has 0 bridgehead atoms. The minimum Gasteiger partial charge on any atom is -0.301 e. The summed E-state index contributed by atoms with van der Waals surface area (Å²) in [6, 6.07) is 14.8. The highest BCUT2D eigenvalue weighted by molar-refractivity contribution is 7.80. The van der Waals surface area contributed by atoms with Crippen LogP contribution in [0.4, 0.5) is 11.4 Å². The van der Waals surface area contributed by atoms with Crippen LogP contribution in [-0.4, -0.2) is 23.1 Å². The lowest BCUT2D eigenvalue weighted by Gasteiger charge is -2.30. The molecule has 6 heteroatoms. The van der Waals surface area contributed by atoms with E-state index < -0.39 is 17.7 Å². The number of amides is 2. The molecule has 0 radical (unpaired) electrons. The molecule has 0 saturated carbocycles. The fraction of sp³-hybridized carbons (Fsp3) is 0.158. The molecular weight excluding hydrogens is 334 g/mol. The Morgan fingerprint density at radius 1 is 1.12 bits per heavy atom. The maximum atomic E-state index is 12.8. The van der Waals surface area contributed by atoms with Gasteiger partial charge >= 0.3 is 0 Å². The van der Waals surface area contributed by atoms with Gasteiger partial charge in [0.2, 0.25) is 5.91 Å². The molecule has 1 saturated heterocycles. The third kappa shape index (κ3) is 3.49. The fourth-order valence-electron chi connectivity index (χ4n) is 2.56. The maximum absolute atomic E-state index is 12.8. The van der Waals surface area contributed by atoms with Crippen LogP contribution < -0.4 is 10.2 Å². The highest BCUT2D eigenvalue weighted by Gasteiger charge is 2.38. The number of hydrogen-bond donors (Lipinski definition) is 1. The average Bonchev–Trinajstić information content (AvgIpc) is 2.58. The Kier molecular flexibility index (Phi) is 4.72. The van der Waals surface area contributed by atoms with Crippen molar-refractivity contribution in [2.24, 2.45) is 10.9 Å². The van der Waals surface area contributed by atoms with Crippen LogP contribution in [0.15, 0.2) is 53.5 Å². The lowest BCUT2D eigenvalue weighted by molar-refractivity contribution is -0.130. The number of hydrogen-bond acceptors (Lipinski definition) is 4. The lowest BCUT2D eigenvalue weighted by atomic mass is 10.1. The van der Waals surface area contributed by atoms with Crippen molar-refractivity contribution >= 4 is 46.7 Å². The van der Waals surface area contributed by atoms with Gasteiger partial charge in [0, 0.05) is 6.21 Å². The Bertz CT molecular complexity index is 877. The summed E-state index contributed by atoms with van der Waals surface area (Å²) in [6.45, 7) is 3.90. The van der Waals surface area contributed by atoms with Crippen LogP contribution in [0.25, 0.3) is 0 Å². The number of carbonyl (C=O) groups excluding carboxylic acids is 2. The molecule has 2 aromatic rings. The first-order valence-electron chi connectivity index (χ1n) is 7.82. The van der Waals surface area contributed by atoms with Crippen LogP contribution in [0.3, 0.4) is 0 Å². The molecule has 1 fully saturated rings. The molecule has 3 rings (SSSR count). The van der Waals surface area contributed by atoms with E-state index in [4.69, 9.17) is 12.2 Å². The second-order valence-electron chi connectivity index (χ2n) is 5.85. The first kappa shape index (κ1) is 17.0. The zero-order valence-corrected chi connectivity index (χ0v) is 14.7. The number of anilines is 1. The molecule has 0 unspecified atom stereocenters. The molecule has 25 heavy (non-hydrogen) atoms. The Labute approximate surface area is 151 Å². The molecule has 0 aliphatic carbocycles. The summed E-state index contributed by atoms with van der Waals surface area (Å²) in [6.07, 6.45) is 1.39. The van der Waals surface area contributed by atoms with Gasteiger partial charge in [0.1, 0.15) is 0 Å². The summed E-state index contributed by atoms with van der Waals surface area (Å²) in [5.74, 6) is -1.89. The fourth-order valence-corrected chi connectivity index (χ4v) is 2.85. The van der Waals surface area contributed by atoms with Gasteiger partial charge in [-0.3, -0.25) is 19.5 Å². The topological polar surface area (TPSA) is 61.8 Å². The van der Waals surface area contributed by atoms with E-state index in [1.807, 2.05) is 38.1 Å². The first-order valence-corrected chi connectivity index (χ1v) is 8.23. The molecule has 0 aromatic heterocycles. The van der Waals surface area contributed by atoms with Gasteiger partial charge in [0.15, 0.2) is 11.0 Å². The Morgan fingerprint density at radius 2 is 1.84 bits per heavy atom. The molecular formula is C19H17N3O2S. The predicted molar refractivity (Wildman–Crippen MR) is 102 cm³/mol. The van der Waals surface area contributed by atoms with Gasteiger partial charge in [-0.05, 0) is 55.4 Å². The van der Waals surface area contributed by atoms with Crippen LogP contribution in [0.5, 0.6) is 0 Å². The van der Waals surface area contributed by atoms with E-state index in [9.17, 15) is 9.59 Å². The predicted octanol–water partition coefficient (Wildman–Crippen LogP) is 3.07. The molecule has 1 N–H and O–H groups in total. The van der Waals surface area contributed by atoms with Crippen LogP contribution in [0.1, 0.15) is 11.1 Å². The second-order valence-corrected chi connectivity index (χ2v) is 6.24. The Morgan fingerprint density at radius 3 is 2.56 bits per heavy atom. The summed E-state index contributed by atoms with van der Waals surface area (Å²) in [7, 11) is 0. The van der Waals surface area contributed by atoms with Gasteiger partial charge in [-0.25, -0.2) is 0 Å². The van der Waals surface area contributed by atoms with Crippen LogP contribution in [0, 0.1) is 19.8 Å². The Hall–Kier alpha value is -2.86. The van der Waals surface area contributed by atoms with Gasteiger partial charge in [-0.1, -0.05) is 30.3 Å². The van der Waals surface area contributed by atoms with Gasteiger partial charge in [-0.2, -0.15) is 0 Å². The van der Waals surface area contributed by atoms with Crippen molar-refractivity contribution in [3.8, 4) is 0 Å². The lowest BCUT2D eigenvalue weighted by Crippen LogP contribution is -2.58. The van der Waals surface area contributed by atoms with E-state index in [2.05, 4.69) is 10.3 Å². The Balaban J connectivity index is 1.91. The molecule has 1 aliphatic rings. The van der Waals surface area contributed by atoms with E-state index >= 15 is 0 Å². The van der Waals surface area contributed by atoms with Crippen molar-refractivity contribution in [3.05, 3.63) is 59.7 Å². The van der Waals surface area contributed by atoms with Crippen molar-refractivity contribution in [3.63, 3.8) is 0 Å². The molecule has 1 atom stereocenters. The van der Waals surface area contributed by atoms with E-state index in [1.165, 1.54) is 11.1 Å². The first-order chi connectivity index (χ1) is 12.0. The molecule has 2 aromatic carbocycles. The van der Waals surface area contributed by atoms with Crippen molar-refractivity contribution < 1.29 is 9.59 Å². The van der Waals surface area contributed by atoms with Gasteiger partial charge in [0.25, 0.3) is 5.91 Å². The van der Waals surface area contributed by atoms with E-state index in [1.54, 1.807) is 24.3 Å². The van der Waals surface area contributed by atoms with Crippen molar-refractivity contribution in [1.29, 1.82) is 0 Å². The van der Waals surface area contributed by atoms with Gasteiger partial charge < -0.3 is 5.32 Å². The molecule has 2 amide bonds. The van der Waals surface area contributed by atoms with Crippen LogP contribution >= 0.6 is 12.2 Å². The van der Waals surface area contributed by atoms with E-state index in [0.717, 1.165) is 16.8 Å². The molecule has 1 aliphatic heterocycles. The van der Waals surface area contributed by atoms with Crippen molar-refractivity contribution in [2.75, 3.05) is 4.90 Å². The molecule has 1 heterocycles. The number of nitrogens with one attached hydrogen (secondary N) is 1. The zero-order valence-electron chi connectivity index (χ0n) is 13.9. The highest BCUT2D eigenvalue weighted by atomic mass is 32.1. The van der Waals surface area contributed by atoms with Crippen molar-refractivity contribution in [2.45, 2.75) is 13.8 Å². The number of para-hydroxylation sites is 1. The monoisotopic (exact) mass is 351 g/mol. The number of aryl methyl sites for hydroxylation is 2. The van der Waals surface area contributed by atoms with E-state index in [-0.39, 0.29) is 5.11 Å². The molecule has 0 spiro atoms. The standard InChI is InChI=1S/C19H17N3O2S/c1-12-8-9-13(2)16(10-12)20-11-15-17(23)21-19(25)22(18(15)24)14-6-4-3-5-7-14/h3-11,15H,1-2H3,(H,21,23,25)/t15-/m0/s1. The number of thiocarbonyl (C=S) groups is 1. The van der Waals surface area contributed by atoms with Crippen LogP contribution in [-0.2, 0) is 9.59 Å². The summed E-state index contributed by atoms with van der Waals surface area (Å²) in [5, 5.41) is 2.66. The maximum Gasteiger partial charge on any atom is 0.251 e. The quantitative estimate of drug-likeness (QED) is 0.525. The van der Waals surface area contributed by atoms with Crippen LogP contribution in [0.2, 0.25) is 0 Å². The molecule has 126 valence electrons. The summed E-state index contributed by atoms with van der Waals surface area (Å²) in [5.41, 5.74) is 3.38. The number of rotatable bonds is 3. The normalized spacial score (nSPS) is 17.9. The molecule has 5 nitrogen and oxygen atoms in total. The third-order valence-electron chi connectivity index (χ3n) is 3.94. The third-order valence-corrected chi connectivity index (χ3v) is 4.23. The summed E-state index contributed by atoms with van der Waals surface area (Å²) in [4.78, 5) is 30.7. The number of carbonyl (C=O) groups is 2. The SMILES string of the molecule is Cc1ccc(C)c(N=C[C@H]2C(=O)NC(=S)N(c3ccccc3)C2=O)c1. The van der Waals surface area contributed by atoms with Gasteiger partial charge in [-0.15, -0.1) is 0 Å². The minimum absolute atomic E-state index is 0.0811. The summed E-state index contributed by atoms with van der Waals surface area (Å²) < 4.78 is 0. The number of benzene rings is 2. The number of aliphatic imine (C=N–C) groups is 1. The van der Waals surface area contributed by atoms with Gasteiger partial charge in [0.05, 0.1) is 11.4 Å². The highest BCUT2D eigenvalue weighted by Crippen LogP contribution is 2.22. The smallest absolute Gasteiger partial charge is 0.251 e.